The molecule has 1 aromatic heterocycles. The fourth-order valence-corrected chi connectivity index (χ4v) is 2.05. The standard InChI is InChI=1S/C10H20N4S/c1-4-8(3)6-14(5-2)7-9-12-13-10(11)15-9/h8H,4-7H2,1-3H3,(H2,11,13). The van der Waals surface area contributed by atoms with Gasteiger partial charge in [0, 0.05) is 6.54 Å². The molecule has 2 N–H and O–H groups in total. The van der Waals surface area contributed by atoms with E-state index in [-0.39, 0.29) is 0 Å². The lowest BCUT2D eigenvalue weighted by Gasteiger charge is -2.22. The first-order valence-electron chi connectivity index (χ1n) is 5.45. The molecule has 4 nitrogen and oxygen atoms in total. The van der Waals surface area contributed by atoms with Crippen LogP contribution in [0.4, 0.5) is 5.13 Å². The molecule has 0 spiro atoms. The number of rotatable bonds is 6. The predicted octanol–water partition coefficient (Wildman–Crippen LogP) is 1.99. The number of nitrogen functional groups attached to an aromatic ring is 1. The molecule has 0 fully saturated rings. The lowest BCUT2D eigenvalue weighted by Crippen LogP contribution is -2.27. The van der Waals surface area contributed by atoms with Crippen LogP contribution in [0, 0.1) is 5.92 Å². The lowest BCUT2D eigenvalue weighted by atomic mass is 10.1. The van der Waals surface area contributed by atoms with Crippen LogP contribution in [-0.2, 0) is 6.54 Å². The second-order valence-electron chi connectivity index (χ2n) is 3.88. The molecular formula is C10H20N4S. The summed E-state index contributed by atoms with van der Waals surface area (Å²) in [5.41, 5.74) is 5.55. The smallest absolute Gasteiger partial charge is 0.203 e. The second-order valence-corrected chi connectivity index (χ2v) is 4.97. The van der Waals surface area contributed by atoms with Crippen LogP contribution in [0.5, 0.6) is 0 Å². The fourth-order valence-electron chi connectivity index (χ4n) is 1.40. The summed E-state index contributed by atoms with van der Waals surface area (Å²) in [6.07, 6.45) is 1.22. The highest BCUT2D eigenvalue weighted by molar-refractivity contribution is 7.15. The Bertz CT molecular complexity index is 287. The fraction of sp³-hybridized carbons (Fsp3) is 0.800. The Kier molecular flexibility index (Phi) is 4.98. The average Bonchev–Trinajstić information content (AvgIpc) is 2.62. The summed E-state index contributed by atoms with van der Waals surface area (Å²) in [6.45, 7) is 9.71. The van der Waals surface area contributed by atoms with Crippen molar-refractivity contribution in [3.05, 3.63) is 5.01 Å². The van der Waals surface area contributed by atoms with Crippen molar-refractivity contribution in [2.45, 2.75) is 33.7 Å². The minimum Gasteiger partial charge on any atom is -0.374 e. The third-order valence-electron chi connectivity index (χ3n) is 2.56. The third-order valence-corrected chi connectivity index (χ3v) is 3.29. The summed E-state index contributed by atoms with van der Waals surface area (Å²) >= 11 is 1.48. The first-order chi connectivity index (χ1) is 7.15. The normalized spacial score (nSPS) is 13.3. The van der Waals surface area contributed by atoms with Gasteiger partial charge in [-0.05, 0) is 12.5 Å². The van der Waals surface area contributed by atoms with Gasteiger partial charge in [0.2, 0.25) is 5.13 Å². The monoisotopic (exact) mass is 228 g/mol. The Morgan fingerprint density at radius 3 is 2.60 bits per heavy atom. The van der Waals surface area contributed by atoms with E-state index in [0.29, 0.717) is 5.13 Å². The van der Waals surface area contributed by atoms with Crippen LogP contribution < -0.4 is 5.73 Å². The molecule has 0 aromatic carbocycles. The zero-order valence-electron chi connectivity index (χ0n) is 9.73. The lowest BCUT2D eigenvalue weighted by molar-refractivity contribution is 0.237. The maximum absolute atomic E-state index is 5.55. The minimum absolute atomic E-state index is 0.560. The third kappa shape index (κ3) is 4.13. The average molecular weight is 228 g/mol. The van der Waals surface area contributed by atoms with Gasteiger partial charge in [0.1, 0.15) is 5.01 Å². The molecule has 1 heterocycles. The molecular weight excluding hydrogens is 208 g/mol. The van der Waals surface area contributed by atoms with Crippen molar-refractivity contribution in [1.29, 1.82) is 0 Å². The Balaban J connectivity index is 2.46. The van der Waals surface area contributed by atoms with Gasteiger partial charge in [-0.1, -0.05) is 38.5 Å². The summed E-state index contributed by atoms with van der Waals surface area (Å²) in [6, 6.07) is 0. The van der Waals surface area contributed by atoms with Gasteiger partial charge in [0.05, 0.1) is 6.54 Å². The molecule has 1 aromatic rings. The highest BCUT2D eigenvalue weighted by Gasteiger charge is 2.10. The zero-order chi connectivity index (χ0) is 11.3. The molecule has 1 rings (SSSR count). The molecule has 0 aliphatic carbocycles. The van der Waals surface area contributed by atoms with E-state index in [2.05, 4.69) is 35.9 Å². The van der Waals surface area contributed by atoms with E-state index in [0.717, 1.165) is 30.6 Å². The quantitative estimate of drug-likeness (QED) is 0.809. The predicted molar refractivity (Wildman–Crippen MR) is 64.7 cm³/mol. The van der Waals surface area contributed by atoms with Crippen LogP contribution in [0.15, 0.2) is 0 Å². The van der Waals surface area contributed by atoms with Crippen molar-refractivity contribution in [1.82, 2.24) is 15.1 Å². The molecule has 0 aliphatic heterocycles. The van der Waals surface area contributed by atoms with Gasteiger partial charge in [0.15, 0.2) is 0 Å². The number of nitrogens with zero attached hydrogens (tertiary/aromatic N) is 3. The van der Waals surface area contributed by atoms with Crippen molar-refractivity contribution in [2.24, 2.45) is 5.92 Å². The van der Waals surface area contributed by atoms with E-state index in [1.165, 1.54) is 17.8 Å². The van der Waals surface area contributed by atoms with Crippen molar-refractivity contribution in [3.63, 3.8) is 0 Å². The Hall–Kier alpha value is -0.680. The van der Waals surface area contributed by atoms with E-state index in [1.54, 1.807) is 0 Å². The van der Waals surface area contributed by atoms with E-state index >= 15 is 0 Å². The van der Waals surface area contributed by atoms with E-state index < -0.39 is 0 Å². The molecule has 0 radical (unpaired) electrons. The van der Waals surface area contributed by atoms with Crippen LogP contribution in [0.1, 0.15) is 32.2 Å². The van der Waals surface area contributed by atoms with Crippen LogP contribution >= 0.6 is 11.3 Å². The topological polar surface area (TPSA) is 55.0 Å². The van der Waals surface area contributed by atoms with Gasteiger partial charge in [-0.3, -0.25) is 4.90 Å². The first kappa shape index (κ1) is 12.4. The van der Waals surface area contributed by atoms with Crippen LogP contribution in [0.2, 0.25) is 0 Å². The van der Waals surface area contributed by atoms with Gasteiger partial charge in [-0.25, -0.2) is 0 Å². The first-order valence-corrected chi connectivity index (χ1v) is 6.27. The second kappa shape index (κ2) is 6.02. The summed E-state index contributed by atoms with van der Waals surface area (Å²) < 4.78 is 0. The maximum atomic E-state index is 5.55. The summed E-state index contributed by atoms with van der Waals surface area (Å²) in [5, 5.41) is 9.43. The summed E-state index contributed by atoms with van der Waals surface area (Å²) in [4.78, 5) is 2.38. The summed E-state index contributed by atoms with van der Waals surface area (Å²) in [7, 11) is 0. The molecule has 1 atom stereocenters. The highest BCUT2D eigenvalue weighted by Crippen LogP contribution is 2.14. The molecule has 0 bridgehead atoms. The van der Waals surface area contributed by atoms with Crippen LogP contribution in [0.25, 0.3) is 0 Å². The van der Waals surface area contributed by atoms with Crippen LogP contribution in [-0.4, -0.2) is 28.2 Å². The van der Waals surface area contributed by atoms with Crippen LogP contribution in [0.3, 0.4) is 0 Å². The van der Waals surface area contributed by atoms with Crippen molar-refractivity contribution in [3.8, 4) is 0 Å². The molecule has 1 unspecified atom stereocenters. The Morgan fingerprint density at radius 1 is 1.40 bits per heavy atom. The molecule has 5 heteroatoms. The van der Waals surface area contributed by atoms with Gasteiger partial charge in [-0.15, -0.1) is 10.2 Å². The molecule has 0 saturated carbocycles. The van der Waals surface area contributed by atoms with Gasteiger partial charge in [-0.2, -0.15) is 0 Å². The highest BCUT2D eigenvalue weighted by atomic mass is 32.1. The molecule has 15 heavy (non-hydrogen) atoms. The Labute approximate surface area is 95.5 Å². The minimum atomic E-state index is 0.560. The molecule has 86 valence electrons. The van der Waals surface area contributed by atoms with E-state index in [9.17, 15) is 0 Å². The van der Waals surface area contributed by atoms with E-state index in [4.69, 9.17) is 5.73 Å². The van der Waals surface area contributed by atoms with E-state index in [1.807, 2.05) is 0 Å². The number of aromatic nitrogens is 2. The maximum Gasteiger partial charge on any atom is 0.203 e. The van der Waals surface area contributed by atoms with Gasteiger partial charge >= 0.3 is 0 Å². The number of hydrogen-bond acceptors (Lipinski definition) is 5. The molecule has 0 amide bonds. The van der Waals surface area contributed by atoms with Gasteiger partial charge in [0.25, 0.3) is 0 Å². The number of hydrogen-bond donors (Lipinski definition) is 1. The van der Waals surface area contributed by atoms with Crippen molar-refractivity contribution in [2.75, 3.05) is 18.8 Å². The molecule has 0 aliphatic rings. The van der Waals surface area contributed by atoms with Crippen molar-refractivity contribution >= 4 is 16.5 Å². The summed E-state index contributed by atoms with van der Waals surface area (Å²) in [5.74, 6) is 0.732. The number of anilines is 1. The van der Waals surface area contributed by atoms with Gasteiger partial charge < -0.3 is 5.73 Å². The van der Waals surface area contributed by atoms with Crippen molar-refractivity contribution < 1.29 is 0 Å². The SMILES string of the molecule is CCC(C)CN(CC)Cc1nnc(N)s1. The molecule has 0 saturated heterocycles. The Morgan fingerprint density at radius 2 is 2.13 bits per heavy atom. The zero-order valence-corrected chi connectivity index (χ0v) is 10.5. The number of nitrogens with two attached hydrogens (primary N) is 1. The largest absolute Gasteiger partial charge is 0.374 e.